The van der Waals surface area contributed by atoms with Crippen LogP contribution in [0.1, 0.15) is 51.1 Å². The molecule has 0 aliphatic heterocycles. The first kappa shape index (κ1) is 17.4. The zero-order chi connectivity index (χ0) is 16.3. The van der Waals surface area contributed by atoms with Gasteiger partial charge in [0.2, 0.25) is 10.0 Å². The summed E-state index contributed by atoms with van der Waals surface area (Å²) in [6.45, 7) is 4.47. The molecule has 1 N–H and O–H groups in total. The second kappa shape index (κ2) is 7.11. The van der Waals surface area contributed by atoms with Gasteiger partial charge in [0, 0.05) is 26.2 Å². The third-order valence-electron chi connectivity index (χ3n) is 4.73. The van der Waals surface area contributed by atoms with E-state index < -0.39 is 10.0 Å². The fraction of sp³-hybridized carbons (Fsp3) is 0.647. The Hall–Kier alpha value is -0.910. The van der Waals surface area contributed by atoms with E-state index in [4.69, 9.17) is 0 Å². The molecule has 1 aliphatic rings. The third kappa shape index (κ3) is 3.89. The molecule has 0 radical (unpaired) electrons. The van der Waals surface area contributed by atoms with Crippen molar-refractivity contribution in [2.24, 2.45) is 5.92 Å². The molecule has 5 heteroatoms. The summed E-state index contributed by atoms with van der Waals surface area (Å²) in [6, 6.07) is 8.04. The summed E-state index contributed by atoms with van der Waals surface area (Å²) in [5, 5.41) is 3.71. The smallest absolute Gasteiger partial charge is 0.242 e. The summed E-state index contributed by atoms with van der Waals surface area (Å²) in [7, 11) is -0.235. The minimum Gasteiger partial charge on any atom is -0.307 e. The number of nitrogens with zero attached hydrogens (tertiary/aromatic N) is 1. The summed E-state index contributed by atoms with van der Waals surface area (Å²) < 4.78 is 25.4. The summed E-state index contributed by atoms with van der Waals surface area (Å²) in [6.07, 6.45) is 5.17. The number of sulfonamides is 1. The molecule has 1 saturated carbocycles. The maximum Gasteiger partial charge on any atom is 0.242 e. The maximum absolute atomic E-state index is 12.1. The fourth-order valence-electron chi connectivity index (χ4n) is 3.12. The van der Waals surface area contributed by atoms with Crippen LogP contribution in [0.2, 0.25) is 0 Å². The first-order valence-corrected chi connectivity index (χ1v) is 9.55. The van der Waals surface area contributed by atoms with Crippen LogP contribution in [0.15, 0.2) is 29.2 Å². The van der Waals surface area contributed by atoms with Gasteiger partial charge >= 0.3 is 0 Å². The third-order valence-corrected chi connectivity index (χ3v) is 6.56. The van der Waals surface area contributed by atoms with E-state index in [2.05, 4.69) is 19.2 Å². The van der Waals surface area contributed by atoms with Gasteiger partial charge in [0.1, 0.15) is 0 Å². The largest absolute Gasteiger partial charge is 0.307 e. The molecule has 1 aromatic carbocycles. The van der Waals surface area contributed by atoms with Crippen LogP contribution in [-0.4, -0.2) is 32.9 Å². The van der Waals surface area contributed by atoms with Crippen molar-refractivity contribution in [3.63, 3.8) is 0 Å². The van der Waals surface area contributed by atoms with E-state index in [1.165, 1.54) is 30.0 Å². The standard InChI is InChI=1S/C17H28N2O2S/c1-13-7-5-6-8-17(13)18-14(2)15-9-11-16(12-10-15)22(20,21)19(3)4/h9-14,17-18H,5-8H2,1-4H3. The molecule has 2 rings (SSSR count). The number of benzene rings is 1. The van der Waals surface area contributed by atoms with E-state index in [1.54, 1.807) is 26.2 Å². The predicted octanol–water partition coefficient (Wildman–Crippen LogP) is 3.17. The van der Waals surface area contributed by atoms with Crippen LogP contribution in [0, 0.1) is 5.92 Å². The predicted molar refractivity (Wildman–Crippen MR) is 90.3 cm³/mol. The number of hydrogen-bond acceptors (Lipinski definition) is 3. The van der Waals surface area contributed by atoms with E-state index in [-0.39, 0.29) is 6.04 Å². The minimum absolute atomic E-state index is 0.238. The molecule has 0 saturated heterocycles. The van der Waals surface area contributed by atoms with Gasteiger partial charge in [0.15, 0.2) is 0 Å². The van der Waals surface area contributed by atoms with Gasteiger partial charge in [0.25, 0.3) is 0 Å². The van der Waals surface area contributed by atoms with Crippen molar-refractivity contribution in [1.82, 2.24) is 9.62 Å². The van der Waals surface area contributed by atoms with E-state index in [9.17, 15) is 8.42 Å². The summed E-state index contributed by atoms with van der Waals surface area (Å²) in [5.41, 5.74) is 1.13. The molecule has 1 aromatic rings. The van der Waals surface area contributed by atoms with Crippen molar-refractivity contribution in [1.29, 1.82) is 0 Å². The molecule has 1 fully saturated rings. The van der Waals surface area contributed by atoms with Crippen LogP contribution in [0.5, 0.6) is 0 Å². The Labute approximate surface area is 135 Å². The second-order valence-corrected chi connectivity index (χ2v) is 8.76. The van der Waals surface area contributed by atoms with Crippen LogP contribution in [0.25, 0.3) is 0 Å². The first-order valence-electron chi connectivity index (χ1n) is 8.11. The SMILES string of the molecule is CC(NC1CCCCC1C)c1ccc(S(=O)(=O)N(C)C)cc1. The molecule has 0 spiro atoms. The van der Waals surface area contributed by atoms with Gasteiger partial charge < -0.3 is 5.32 Å². The van der Waals surface area contributed by atoms with Gasteiger partial charge in [-0.3, -0.25) is 0 Å². The molecule has 1 aliphatic carbocycles. The lowest BCUT2D eigenvalue weighted by Gasteiger charge is -2.32. The molecule has 0 heterocycles. The molecule has 22 heavy (non-hydrogen) atoms. The van der Waals surface area contributed by atoms with E-state index in [1.807, 2.05) is 12.1 Å². The van der Waals surface area contributed by atoms with Crippen molar-refractivity contribution in [3.8, 4) is 0 Å². The normalized spacial score (nSPS) is 24.4. The van der Waals surface area contributed by atoms with Crippen LogP contribution in [-0.2, 0) is 10.0 Å². The molecule has 124 valence electrons. The highest BCUT2D eigenvalue weighted by Gasteiger charge is 2.23. The zero-order valence-electron chi connectivity index (χ0n) is 14.0. The number of rotatable bonds is 5. The molecule has 0 amide bonds. The van der Waals surface area contributed by atoms with Crippen molar-refractivity contribution in [2.45, 2.75) is 56.5 Å². The van der Waals surface area contributed by atoms with E-state index in [0.717, 1.165) is 5.56 Å². The minimum atomic E-state index is -3.34. The number of nitrogens with one attached hydrogen (secondary N) is 1. The Bertz CT molecular complexity index is 581. The Morgan fingerprint density at radius 2 is 1.73 bits per heavy atom. The molecule has 3 unspecified atom stereocenters. The quantitative estimate of drug-likeness (QED) is 0.905. The van der Waals surface area contributed by atoms with Crippen molar-refractivity contribution in [3.05, 3.63) is 29.8 Å². The molecular formula is C17H28N2O2S. The Kier molecular flexibility index (Phi) is 5.64. The van der Waals surface area contributed by atoms with Crippen molar-refractivity contribution in [2.75, 3.05) is 14.1 Å². The maximum atomic E-state index is 12.1. The number of hydrogen-bond donors (Lipinski definition) is 1. The van der Waals surface area contributed by atoms with Crippen LogP contribution >= 0.6 is 0 Å². The van der Waals surface area contributed by atoms with Gasteiger partial charge in [0.05, 0.1) is 4.90 Å². The Morgan fingerprint density at radius 3 is 2.27 bits per heavy atom. The van der Waals surface area contributed by atoms with E-state index >= 15 is 0 Å². The Morgan fingerprint density at radius 1 is 1.14 bits per heavy atom. The highest BCUT2D eigenvalue weighted by molar-refractivity contribution is 7.89. The fourth-order valence-corrected chi connectivity index (χ4v) is 4.02. The van der Waals surface area contributed by atoms with Crippen molar-refractivity contribution >= 4 is 10.0 Å². The highest BCUT2D eigenvalue weighted by Crippen LogP contribution is 2.26. The van der Waals surface area contributed by atoms with Gasteiger partial charge in [-0.15, -0.1) is 0 Å². The lowest BCUT2D eigenvalue weighted by atomic mass is 9.85. The monoisotopic (exact) mass is 324 g/mol. The lowest BCUT2D eigenvalue weighted by Crippen LogP contribution is -2.38. The van der Waals surface area contributed by atoms with Crippen molar-refractivity contribution < 1.29 is 8.42 Å². The Balaban J connectivity index is 2.06. The van der Waals surface area contributed by atoms with Gasteiger partial charge in [-0.1, -0.05) is 31.9 Å². The van der Waals surface area contributed by atoms with Gasteiger partial charge in [-0.05, 0) is 43.4 Å². The summed E-state index contributed by atoms with van der Waals surface area (Å²) in [4.78, 5) is 0.347. The molecule has 4 nitrogen and oxygen atoms in total. The summed E-state index contributed by atoms with van der Waals surface area (Å²) >= 11 is 0. The molecular weight excluding hydrogens is 296 g/mol. The average molecular weight is 324 g/mol. The molecule has 0 bridgehead atoms. The summed E-state index contributed by atoms with van der Waals surface area (Å²) in [5.74, 6) is 0.713. The van der Waals surface area contributed by atoms with Crippen LogP contribution < -0.4 is 5.32 Å². The first-order chi connectivity index (χ1) is 10.3. The van der Waals surface area contributed by atoms with E-state index in [0.29, 0.717) is 16.9 Å². The molecule has 0 aromatic heterocycles. The van der Waals surface area contributed by atoms with Gasteiger partial charge in [-0.25, -0.2) is 12.7 Å². The van der Waals surface area contributed by atoms with Crippen LogP contribution in [0.3, 0.4) is 0 Å². The molecule has 3 atom stereocenters. The zero-order valence-corrected chi connectivity index (χ0v) is 14.9. The van der Waals surface area contributed by atoms with Gasteiger partial charge in [-0.2, -0.15) is 0 Å². The lowest BCUT2D eigenvalue weighted by molar-refractivity contribution is 0.263. The second-order valence-electron chi connectivity index (χ2n) is 6.61. The average Bonchev–Trinajstić information content (AvgIpc) is 2.49. The highest BCUT2D eigenvalue weighted by atomic mass is 32.2. The topological polar surface area (TPSA) is 49.4 Å². The van der Waals surface area contributed by atoms with Crippen LogP contribution in [0.4, 0.5) is 0 Å².